The van der Waals surface area contributed by atoms with Crippen LogP contribution < -0.4 is 5.32 Å². The van der Waals surface area contributed by atoms with Gasteiger partial charge in [-0.1, -0.05) is 0 Å². The zero-order valence-electron chi connectivity index (χ0n) is 13.4. The van der Waals surface area contributed by atoms with Gasteiger partial charge in [0.25, 0.3) is 5.91 Å². The Labute approximate surface area is 144 Å². The molecule has 25 heavy (non-hydrogen) atoms. The molecule has 0 radical (unpaired) electrons. The Balaban J connectivity index is 1.46. The van der Waals surface area contributed by atoms with Crippen molar-refractivity contribution in [1.29, 1.82) is 0 Å². The summed E-state index contributed by atoms with van der Waals surface area (Å²) in [5.41, 5.74) is 2.47. The van der Waals surface area contributed by atoms with Crippen molar-refractivity contribution in [3.05, 3.63) is 73.0 Å². The van der Waals surface area contributed by atoms with Crippen molar-refractivity contribution in [2.24, 2.45) is 0 Å². The summed E-state index contributed by atoms with van der Waals surface area (Å²) < 4.78 is 7.40. The molecule has 0 unspecified atom stereocenters. The van der Waals surface area contributed by atoms with Crippen LogP contribution in [-0.2, 0) is 6.54 Å². The summed E-state index contributed by atoms with van der Waals surface area (Å²) in [4.78, 5) is 20.4. The first-order chi connectivity index (χ1) is 12.3. The number of fused-ring (bicyclic) bond motifs is 1. The molecule has 0 spiro atoms. The first kappa shape index (κ1) is 15.1. The minimum absolute atomic E-state index is 0.108. The molecule has 3 aromatic heterocycles. The van der Waals surface area contributed by atoms with Crippen LogP contribution in [0.2, 0.25) is 0 Å². The summed E-state index contributed by atoms with van der Waals surface area (Å²) in [6, 6.07) is 11.3. The van der Waals surface area contributed by atoms with Gasteiger partial charge in [-0.2, -0.15) is 0 Å². The van der Waals surface area contributed by atoms with E-state index in [2.05, 4.69) is 15.3 Å². The van der Waals surface area contributed by atoms with Crippen LogP contribution in [0.3, 0.4) is 0 Å². The first-order valence-electron chi connectivity index (χ1n) is 7.98. The van der Waals surface area contributed by atoms with Gasteiger partial charge in [-0.3, -0.25) is 9.78 Å². The molecule has 4 aromatic rings. The number of nitrogens with zero attached hydrogens (tertiary/aromatic N) is 3. The second-order valence-corrected chi connectivity index (χ2v) is 5.61. The molecule has 0 bridgehead atoms. The predicted octanol–water partition coefficient (Wildman–Crippen LogP) is 3.12. The maximum absolute atomic E-state index is 12.1. The van der Waals surface area contributed by atoms with Crippen molar-refractivity contribution >= 4 is 16.9 Å². The lowest BCUT2D eigenvalue weighted by molar-refractivity contribution is 0.0952. The number of furan rings is 1. The molecule has 0 atom stereocenters. The van der Waals surface area contributed by atoms with Crippen LogP contribution >= 0.6 is 0 Å². The molecular formula is C19H16N4O2. The Bertz CT molecular complexity index is 1000. The number of aromatic nitrogens is 3. The third-order valence-corrected chi connectivity index (χ3v) is 4.01. The highest BCUT2D eigenvalue weighted by atomic mass is 16.3. The number of nitrogens with one attached hydrogen (secondary N) is 1. The molecule has 3 heterocycles. The molecule has 0 saturated heterocycles. The number of carbonyl (C=O) groups excluding carboxylic acids is 1. The SMILES string of the molecule is O=C(NCCn1ccnc1-c1ccc2occc2c1)c1ccncc1. The van der Waals surface area contributed by atoms with E-state index in [1.807, 2.05) is 35.0 Å². The number of pyridine rings is 1. The van der Waals surface area contributed by atoms with E-state index in [1.54, 1.807) is 37.0 Å². The quantitative estimate of drug-likeness (QED) is 0.609. The lowest BCUT2D eigenvalue weighted by atomic mass is 10.1. The monoisotopic (exact) mass is 332 g/mol. The number of benzene rings is 1. The Kier molecular flexibility index (Phi) is 4.00. The van der Waals surface area contributed by atoms with Crippen LogP contribution in [0.4, 0.5) is 0 Å². The maximum atomic E-state index is 12.1. The Morgan fingerprint density at radius 1 is 1.12 bits per heavy atom. The second kappa shape index (κ2) is 6.60. The number of carbonyl (C=O) groups is 1. The molecule has 1 amide bonds. The normalized spacial score (nSPS) is 10.9. The van der Waals surface area contributed by atoms with Gasteiger partial charge in [-0.05, 0) is 36.4 Å². The average molecular weight is 332 g/mol. The minimum Gasteiger partial charge on any atom is -0.464 e. The van der Waals surface area contributed by atoms with Crippen LogP contribution in [0.25, 0.3) is 22.4 Å². The molecule has 0 aliphatic carbocycles. The van der Waals surface area contributed by atoms with Crippen LogP contribution in [0.1, 0.15) is 10.4 Å². The molecule has 124 valence electrons. The molecule has 6 heteroatoms. The van der Waals surface area contributed by atoms with E-state index in [0.717, 1.165) is 22.4 Å². The number of hydrogen-bond acceptors (Lipinski definition) is 4. The van der Waals surface area contributed by atoms with Crippen LogP contribution in [-0.4, -0.2) is 27.0 Å². The van der Waals surface area contributed by atoms with Crippen molar-refractivity contribution in [3.8, 4) is 11.4 Å². The predicted molar refractivity (Wildman–Crippen MR) is 94.0 cm³/mol. The maximum Gasteiger partial charge on any atom is 0.251 e. The minimum atomic E-state index is -0.108. The fourth-order valence-electron chi connectivity index (χ4n) is 2.75. The molecule has 0 saturated carbocycles. The van der Waals surface area contributed by atoms with E-state index in [1.165, 1.54) is 0 Å². The van der Waals surface area contributed by atoms with E-state index < -0.39 is 0 Å². The third-order valence-electron chi connectivity index (χ3n) is 4.01. The first-order valence-corrected chi connectivity index (χ1v) is 7.98. The number of hydrogen-bond donors (Lipinski definition) is 1. The van der Waals surface area contributed by atoms with E-state index >= 15 is 0 Å². The summed E-state index contributed by atoms with van der Waals surface area (Å²) in [7, 11) is 0. The van der Waals surface area contributed by atoms with Crippen LogP contribution in [0, 0.1) is 0 Å². The van der Waals surface area contributed by atoms with E-state index in [4.69, 9.17) is 4.42 Å². The zero-order valence-corrected chi connectivity index (χ0v) is 13.4. The number of rotatable bonds is 5. The molecule has 0 aliphatic heterocycles. The summed E-state index contributed by atoms with van der Waals surface area (Å²) in [5.74, 6) is 0.755. The van der Waals surface area contributed by atoms with Gasteiger partial charge in [0.05, 0.1) is 6.26 Å². The average Bonchev–Trinajstić information content (AvgIpc) is 3.30. The zero-order chi connectivity index (χ0) is 17.1. The lowest BCUT2D eigenvalue weighted by Gasteiger charge is -2.09. The van der Waals surface area contributed by atoms with Gasteiger partial charge in [-0.25, -0.2) is 4.98 Å². The summed E-state index contributed by atoms with van der Waals surface area (Å²) in [6.07, 6.45) is 8.56. The summed E-state index contributed by atoms with van der Waals surface area (Å²) in [5, 5.41) is 3.95. The molecule has 6 nitrogen and oxygen atoms in total. The Morgan fingerprint density at radius 2 is 2.00 bits per heavy atom. The molecule has 1 N–H and O–H groups in total. The number of amides is 1. The Morgan fingerprint density at radius 3 is 2.88 bits per heavy atom. The largest absolute Gasteiger partial charge is 0.464 e. The molecular weight excluding hydrogens is 316 g/mol. The topological polar surface area (TPSA) is 73.0 Å². The van der Waals surface area contributed by atoms with Gasteiger partial charge in [-0.15, -0.1) is 0 Å². The number of imidazole rings is 1. The fraction of sp³-hybridized carbons (Fsp3) is 0.105. The second-order valence-electron chi connectivity index (χ2n) is 5.61. The molecule has 0 fully saturated rings. The van der Waals surface area contributed by atoms with Gasteiger partial charge < -0.3 is 14.3 Å². The molecule has 0 aliphatic rings. The van der Waals surface area contributed by atoms with Crippen molar-refractivity contribution < 1.29 is 9.21 Å². The smallest absolute Gasteiger partial charge is 0.251 e. The fourth-order valence-corrected chi connectivity index (χ4v) is 2.75. The van der Waals surface area contributed by atoms with E-state index in [0.29, 0.717) is 18.7 Å². The van der Waals surface area contributed by atoms with E-state index in [9.17, 15) is 4.79 Å². The summed E-state index contributed by atoms with van der Waals surface area (Å²) >= 11 is 0. The van der Waals surface area contributed by atoms with Gasteiger partial charge in [0, 0.05) is 54.4 Å². The van der Waals surface area contributed by atoms with Crippen molar-refractivity contribution in [2.45, 2.75) is 6.54 Å². The van der Waals surface area contributed by atoms with Gasteiger partial charge in [0.2, 0.25) is 0 Å². The summed E-state index contributed by atoms with van der Waals surface area (Å²) in [6.45, 7) is 1.15. The third kappa shape index (κ3) is 3.14. The van der Waals surface area contributed by atoms with E-state index in [-0.39, 0.29) is 5.91 Å². The standard InChI is InChI=1S/C19H16N4O2/c24-19(14-3-6-20-7-4-14)22-9-11-23-10-8-21-18(23)16-1-2-17-15(13-16)5-12-25-17/h1-8,10,12-13H,9,11H2,(H,22,24). The van der Waals surface area contributed by atoms with Crippen LogP contribution in [0.15, 0.2) is 71.9 Å². The highest BCUT2D eigenvalue weighted by molar-refractivity contribution is 5.93. The highest BCUT2D eigenvalue weighted by Gasteiger charge is 2.09. The van der Waals surface area contributed by atoms with Gasteiger partial charge >= 0.3 is 0 Å². The van der Waals surface area contributed by atoms with Crippen molar-refractivity contribution in [3.63, 3.8) is 0 Å². The Hall–Kier alpha value is -3.41. The molecule has 4 rings (SSSR count). The van der Waals surface area contributed by atoms with Crippen molar-refractivity contribution in [1.82, 2.24) is 19.9 Å². The van der Waals surface area contributed by atoms with Crippen molar-refractivity contribution in [2.75, 3.05) is 6.54 Å². The van der Waals surface area contributed by atoms with Gasteiger partial charge in [0.1, 0.15) is 11.4 Å². The highest BCUT2D eigenvalue weighted by Crippen LogP contribution is 2.23. The molecule has 1 aromatic carbocycles. The lowest BCUT2D eigenvalue weighted by Crippen LogP contribution is -2.27. The van der Waals surface area contributed by atoms with Crippen LogP contribution in [0.5, 0.6) is 0 Å². The van der Waals surface area contributed by atoms with Gasteiger partial charge in [0.15, 0.2) is 0 Å².